The zero-order valence-electron chi connectivity index (χ0n) is 17.4. The van der Waals surface area contributed by atoms with Crippen LogP contribution in [0, 0.1) is 40.4 Å². The van der Waals surface area contributed by atoms with Gasteiger partial charge >= 0.3 is 5.97 Å². The Morgan fingerprint density at radius 3 is 2.75 bits per heavy atom. The third kappa shape index (κ3) is 2.82. The van der Waals surface area contributed by atoms with E-state index in [1.54, 1.807) is 0 Å². The van der Waals surface area contributed by atoms with E-state index >= 15 is 0 Å². The van der Waals surface area contributed by atoms with E-state index in [4.69, 9.17) is 5.11 Å². The van der Waals surface area contributed by atoms with Gasteiger partial charge in [-0.1, -0.05) is 32.9 Å². The normalized spacial score (nSPS) is 45.6. The van der Waals surface area contributed by atoms with Gasteiger partial charge in [-0.05, 0) is 84.2 Å². The molecule has 8 atom stereocenters. The third-order valence-corrected chi connectivity index (χ3v) is 9.19. The molecule has 0 spiro atoms. The lowest BCUT2D eigenvalue weighted by atomic mass is 9.47. The van der Waals surface area contributed by atoms with Crippen LogP contribution < -0.4 is 0 Å². The van der Waals surface area contributed by atoms with Gasteiger partial charge in [0.05, 0.1) is 6.10 Å². The first-order chi connectivity index (χ1) is 13.2. The smallest absolute Gasteiger partial charge is 0.303 e. The molecule has 0 aromatic rings. The molecule has 4 aliphatic carbocycles. The van der Waals surface area contributed by atoms with Crippen molar-refractivity contribution in [3.05, 3.63) is 23.8 Å². The van der Waals surface area contributed by atoms with Crippen LogP contribution in [0.3, 0.4) is 0 Å². The Kier molecular flexibility index (Phi) is 4.85. The fourth-order valence-electron chi connectivity index (χ4n) is 7.48. The van der Waals surface area contributed by atoms with Gasteiger partial charge in [0.2, 0.25) is 0 Å². The second-order valence-corrected chi connectivity index (χ2v) is 10.3. The van der Waals surface area contributed by atoms with Crippen LogP contribution in [0.4, 0.5) is 0 Å². The van der Waals surface area contributed by atoms with Gasteiger partial charge in [0, 0.05) is 12.8 Å². The van der Waals surface area contributed by atoms with Crippen molar-refractivity contribution < 1.29 is 19.8 Å². The van der Waals surface area contributed by atoms with Gasteiger partial charge in [0.15, 0.2) is 5.78 Å². The summed E-state index contributed by atoms with van der Waals surface area (Å²) in [6, 6.07) is 0. The predicted molar refractivity (Wildman–Crippen MR) is 108 cm³/mol. The highest BCUT2D eigenvalue weighted by Gasteiger charge is 2.62. The fraction of sp³-hybridized carbons (Fsp3) is 0.750. The van der Waals surface area contributed by atoms with E-state index in [2.05, 4.69) is 32.9 Å². The highest BCUT2D eigenvalue weighted by atomic mass is 16.4. The number of carbonyl (C=O) groups excluding carboxylic acids is 1. The van der Waals surface area contributed by atoms with Crippen molar-refractivity contribution >= 4 is 11.8 Å². The minimum absolute atomic E-state index is 0.0113. The molecular formula is C24H34O4. The van der Waals surface area contributed by atoms with E-state index in [-0.39, 0.29) is 29.1 Å². The summed E-state index contributed by atoms with van der Waals surface area (Å²) in [5.74, 6) is 1.45. The van der Waals surface area contributed by atoms with Crippen LogP contribution >= 0.6 is 0 Å². The van der Waals surface area contributed by atoms with Gasteiger partial charge < -0.3 is 10.2 Å². The topological polar surface area (TPSA) is 74.6 Å². The zero-order chi connectivity index (χ0) is 20.3. The molecule has 4 rings (SSSR count). The van der Waals surface area contributed by atoms with Gasteiger partial charge in [-0.2, -0.15) is 0 Å². The molecule has 2 saturated carbocycles. The van der Waals surface area contributed by atoms with E-state index < -0.39 is 5.97 Å². The van der Waals surface area contributed by atoms with Crippen molar-refractivity contribution in [2.24, 2.45) is 40.4 Å². The molecule has 2 fully saturated rings. The first-order valence-electron chi connectivity index (χ1n) is 11.0. The van der Waals surface area contributed by atoms with E-state index in [1.165, 1.54) is 0 Å². The molecule has 0 aromatic carbocycles. The summed E-state index contributed by atoms with van der Waals surface area (Å²) < 4.78 is 0. The van der Waals surface area contributed by atoms with Crippen LogP contribution in [0.25, 0.3) is 0 Å². The number of carbonyl (C=O) groups is 2. The van der Waals surface area contributed by atoms with E-state index in [1.807, 2.05) is 6.08 Å². The zero-order valence-corrected chi connectivity index (χ0v) is 17.4. The molecule has 4 nitrogen and oxygen atoms in total. The molecule has 0 radical (unpaired) electrons. The number of carboxylic acids is 1. The van der Waals surface area contributed by atoms with E-state index in [0.29, 0.717) is 42.4 Å². The number of rotatable bonds is 4. The van der Waals surface area contributed by atoms with Crippen LogP contribution in [0.5, 0.6) is 0 Å². The molecule has 2 N–H and O–H groups in total. The number of hydrogen-bond donors (Lipinski definition) is 2. The predicted octanol–water partition coefficient (Wildman–Crippen LogP) is 4.38. The van der Waals surface area contributed by atoms with Crippen LogP contribution in [0.1, 0.15) is 65.7 Å². The van der Waals surface area contributed by atoms with E-state index in [9.17, 15) is 14.7 Å². The van der Waals surface area contributed by atoms with Crippen molar-refractivity contribution in [1.29, 1.82) is 0 Å². The quantitative estimate of drug-likeness (QED) is 0.752. The summed E-state index contributed by atoms with van der Waals surface area (Å²) in [7, 11) is 0. The lowest BCUT2D eigenvalue weighted by molar-refractivity contribution is -0.138. The van der Waals surface area contributed by atoms with Gasteiger partial charge in [0.25, 0.3) is 0 Å². The second-order valence-electron chi connectivity index (χ2n) is 10.3. The summed E-state index contributed by atoms with van der Waals surface area (Å²) in [5.41, 5.74) is 0.999. The minimum atomic E-state index is -0.731. The summed E-state index contributed by atoms with van der Waals surface area (Å²) in [5, 5.41) is 20.5. The van der Waals surface area contributed by atoms with Gasteiger partial charge in [-0.15, -0.1) is 0 Å². The van der Waals surface area contributed by atoms with Crippen LogP contribution in [0.15, 0.2) is 23.8 Å². The Morgan fingerprint density at radius 2 is 2.04 bits per heavy atom. The molecular weight excluding hydrogens is 352 g/mol. The molecule has 0 amide bonds. The third-order valence-electron chi connectivity index (χ3n) is 9.19. The molecule has 4 heteroatoms. The Balaban J connectivity index is 1.64. The van der Waals surface area contributed by atoms with Crippen molar-refractivity contribution in [2.75, 3.05) is 0 Å². The molecule has 0 heterocycles. The van der Waals surface area contributed by atoms with Crippen molar-refractivity contribution in [2.45, 2.75) is 71.8 Å². The van der Waals surface area contributed by atoms with Crippen molar-refractivity contribution in [1.82, 2.24) is 0 Å². The van der Waals surface area contributed by atoms with Gasteiger partial charge in [-0.3, -0.25) is 9.59 Å². The maximum Gasteiger partial charge on any atom is 0.303 e. The second kappa shape index (κ2) is 6.83. The molecule has 154 valence electrons. The number of aliphatic carboxylic acids is 1. The van der Waals surface area contributed by atoms with Crippen LogP contribution in [0.2, 0.25) is 0 Å². The molecule has 0 saturated heterocycles. The molecule has 4 unspecified atom stereocenters. The standard InChI is InChI=1S/C24H34O4/c1-14(4-9-22(27)28)18-7-8-19-17-6-5-15-12-16(25)10-11-23(15,2)20(17)13-21(26)24(18,19)3/h5-6,12,14,17-21,26H,4,7-11,13H2,1-3H3,(H,27,28)/t14-,17?,18?,19?,20?,21+,23+,24-/m1/s1. The first-order valence-corrected chi connectivity index (χ1v) is 11.0. The summed E-state index contributed by atoms with van der Waals surface area (Å²) in [4.78, 5) is 23.0. The van der Waals surface area contributed by atoms with Gasteiger partial charge in [-0.25, -0.2) is 0 Å². The summed E-state index contributed by atoms with van der Waals surface area (Å²) >= 11 is 0. The van der Waals surface area contributed by atoms with Crippen molar-refractivity contribution in [3.8, 4) is 0 Å². The molecule has 0 aromatic heterocycles. The molecule has 28 heavy (non-hydrogen) atoms. The highest BCUT2D eigenvalue weighted by molar-refractivity contribution is 5.92. The number of carboxylic acid groups (broad SMARTS) is 1. The average molecular weight is 387 g/mol. The Hall–Kier alpha value is -1.42. The fourth-order valence-corrected chi connectivity index (χ4v) is 7.48. The van der Waals surface area contributed by atoms with Crippen LogP contribution in [-0.2, 0) is 9.59 Å². The number of aliphatic hydroxyl groups is 1. The van der Waals surface area contributed by atoms with Crippen LogP contribution in [-0.4, -0.2) is 28.1 Å². The SMILES string of the molecule is C[C@H](CCC(=O)O)C1CCC2C3C=CC4=CC(=O)CC[C@]4(C)C3C[C@H](O)[C@@]21C. The summed E-state index contributed by atoms with van der Waals surface area (Å²) in [6.07, 6.45) is 11.4. The lowest BCUT2D eigenvalue weighted by Crippen LogP contribution is -2.55. The van der Waals surface area contributed by atoms with Crippen molar-refractivity contribution in [3.63, 3.8) is 0 Å². The Bertz CT molecular complexity index is 737. The highest BCUT2D eigenvalue weighted by Crippen LogP contribution is 2.66. The Labute approximate surface area is 168 Å². The Morgan fingerprint density at radius 1 is 1.29 bits per heavy atom. The number of allylic oxidation sites excluding steroid dienone is 4. The summed E-state index contributed by atoms with van der Waals surface area (Å²) in [6.45, 7) is 6.73. The number of ketones is 1. The average Bonchev–Trinajstić information content (AvgIpc) is 3.00. The maximum atomic E-state index is 11.9. The largest absolute Gasteiger partial charge is 0.481 e. The molecule has 0 aliphatic heterocycles. The lowest BCUT2D eigenvalue weighted by Gasteiger charge is -2.58. The monoisotopic (exact) mass is 386 g/mol. The molecule has 4 aliphatic rings. The number of hydrogen-bond acceptors (Lipinski definition) is 3. The van der Waals surface area contributed by atoms with Gasteiger partial charge in [0.1, 0.15) is 0 Å². The maximum absolute atomic E-state index is 11.9. The number of fused-ring (bicyclic) bond motifs is 5. The molecule has 0 bridgehead atoms. The minimum Gasteiger partial charge on any atom is -0.481 e. The first kappa shape index (κ1) is 19.9. The number of aliphatic hydroxyl groups excluding tert-OH is 1. The van der Waals surface area contributed by atoms with E-state index in [0.717, 1.165) is 31.3 Å².